The SMILES string of the molecule is O=C(c1cccc(Cl)c1)c1c(-c2ccc3[nH]ncc3c2)nnn1Cc1ccccc1. The molecule has 1 N–H and O–H groups in total. The molecule has 6 nitrogen and oxygen atoms in total. The second-order valence-corrected chi connectivity index (χ2v) is 7.38. The number of nitrogens with one attached hydrogen (secondary N) is 1. The Labute approximate surface area is 177 Å². The monoisotopic (exact) mass is 413 g/mol. The quantitative estimate of drug-likeness (QED) is 0.422. The van der Waals surface area contributed by atoms with Crippen LogP contribution in [0.4, 0.5) is 0 Å². The van der Waals surface area contributed by atoms with Gasteiger partial charge in [-0.15, -0.1) is 5.10 Å². The molecule has 0 fully saturated rings. The van der Waals surface area contributed by atoms with E-state index in [1.165, 1.54) is 0 Å². The number of fused-ring (bicyclic) bond motifs is 1. The van der Waals surface area contributed by atoms with Crippen LogP contribution in [0, 0.1) is 0 Å². The van der Waals surface area contributed by atoms with Crippen LogP contribution < -0.4 is 0 Å². The van der Waals surface area contributed by atoms with Gasteiger partial charge in [-0.1, -0.05) is 65.3 Å². The van der Waals surface area contributed by atoms with E-state index >= 15 is 0 Å². The van der Waals surface area contributed by atoms with E-state index in [0.29, 0.717) is 28.5 Å². The molecule has 0 amide bonds. The highest BCUT2D eigenvalue weighted by atomic mass is 35.5. The van der Waals surface area contributed by atoms with E-state index < -0.39 is 0 Å². The van der Waals surface area contributed by atoms with Crippen LogP contribution in [-0.4, -0.2) is 31.0 Å². The molecular weight excluding hydrogens is 398 g/mol. The van der Waals surface area contributed by atoms with E-state index in [-0.39, 0.29) is 5.78 Å². The lowest BCUT2D eigenvalue weighted by atomic mass is 10.0. The summed E-state index contributed by atoms with van der Waals surface area (Å²) in [6, 6.07) is 22.5. The van der Waals surface area contributed by atoms with E-state index in [0.717, 1.165) is 22.0 Å². The summed E-state index contributed by atoms with van der Waals surface area (Å²) in [6.45, 7) is 0.434. The first kappa shape index (κ1) is 18.3. The molecule has 2 aromatic heterocycles. The number of hydrogen-bond acceptors (Lipinski definition) is 4. The highest BCUT2D eigenvalue weighted by Crippen LogP contribution is 2.27. The molecule has 5 aromatic rings. The van der Waals surface area contributed by atoms with Crippen LogP contribution in [-0.2, 0) is 6.54 Å². The average Bonchev–Trinajstić information content (AvgIpc) is 3.40. The summed E-state index contributed by atoms with van der Waals surface area (Å²) in [6.07, 6.45) is 1.74. The largest absolute Gasteiger partial charge is 0.287 e. The van der Waals surface area contributed by atoms with Crippen molar-refractivity contribution in [2.45, 2.75) is 6.54 Å². The first-order valence-electron chi connectivity index (χ1n) is 9.40. The van der Waals surface area contributed by atoms with Crippen molar-refractivity contribution in [2.24, 2.45) is 0 Å². The van der Waals surface area contributed by atoms with Gasteiger partial charge < -0.3 is 0 Å². The number of nitrogens with zero attached hydrogens (tertiary/aromatic N) is 4. The van der Waals surface area contributed by atoms with Gasteiger partial charge in [-0.05, 0) is 29.8 Å². The van der Waals surface area contributed by atoms with Crippen molar-refractivity contribution in [3.05, 3.63) is 101 Å². The predicted octanol–water partition coefficient (Wildman–Crippen LogP) is 4.75. The van der Waals surface area contributed by atoms with Crippen molar-refractivity contribution in [1.82, 2.24) is 25.2 Å². The minimum absolute atomic E-state index is 0.180. The Morgan fingerprint density at radius 1 is 1.00 bits per heavy atom. The van der Waals surface area contributed by atoms with Crippen LogP contribution in [0.3, 0.4) is 0 Å². The molecule has 0 aliphatic carbocycles. The molecule has 2 heterocycles. The van der Waals surface area contributed by atoms with Gasteiger partial charge in [-0.2, -0.15) is 5.10 Å². The molecule has 5 rings (SSSR count). The fourth-order valence-electron chi connectivity index (χ4n) is 3.46. The van der Waals surface area contributed by atoms with Gasteiger partial charge in [0.25, 0.3) is 0 Å². The molecule has 146 valence electrons. The minimum atomic E-state index is -0.180. The molecule has 0 spiro atoms. The summed E-state index contributed by atoms with van der Waals surface area (Å²) < 4.78 is 1.65. The van der Waals surface area contributed by atoms with Gasteiger partial charge in [-0.3, -0.25) is 9.89 Å². The molecule has 0 aliphatic heterocycles. The molecule has 30 heavy (non-hydrogen) atoms. The molecule has 0 radical (unpaired) electrons. The predicted molar refractivity (Wildman–Crippen MR) is 116 cm³/mol. The van der Waals surface area contributed by atoms with Crippen LogP contribution in [0.1, 0.15) is 21.6 Å². The second kappa shape index (κ2) is 7.57. The van der Waals surface area contributed by atoms with E-state index in [4.69, 9.17) is 11.6 Å². The highest BCUT2D eigenvalue weighted by molar-refractivity contribution is 6.31. The lowest BCUT2D eigenvalue weighted by Crippen LogP contribution is -2.13. The van der Waals surface area contributed by atoms with Gasteiger partial charge in [0.05, 0.1) is 18.3 Å². The number of aromatic nitrogens is 5. The minimum Gasteiger partial charge on any atom is -0.287 e. The van der Waals surface area contributed by atoms with E-state index in [9.17, 15) is 4.79 Å². The Balaban J connectivity index is 1.65. The maximum atomic E-state index is 13.5. The van der Waals surface area contributed by atoms with Crippen LogP contribution in [0.2, 0.25) is 5.02 Å². The fourth-order valence-corrected chi connectivity index (χ4v) is 3.65. The fraction of sp³-hybridized carbons (Fsp3) is 0.0435. The smallest absolute Gasteiger partial charge is 0.213 e. The maximum absolute atomic E-state index is 13.5. The third-order valence-electron chi connectivity index (χ3n) is 4.93. The Kier molecular flexibility index (Phi) is 4.61. The zero-order valence-electron chi connectivity index (χ0n) is 15.8. The van der Waals surface area contributed by atoms with Crippen LogP contribution >= 0.6 is 11.6 Å². The molecule has 0 atom stereocenters. The van der Waals surface area contributed by atoms with E-state index in [1.54, 1.807) is 35.1 Å². The summed E-state index contributed by atoms with van der Waals surface area (Å²) in [5, 5.41) is 17.1. The summed E-state index contributed by atoms with van der Waals surface area (Å²) in [5.74, 6) is -0.180. The number of ketones is 1. The number of H-pyrrole nitrogens is 1. The summed E-state index contributed by atoms with van der Waals surface area (Å²) in [7, 11) is 0. The van der Waals surface area contributed by atoms with Gasteiger partial charge in [0.15, 0.2) is 0 Å². The van der Waals surface area contributed by atoms with Crippen molar-refractivity contribution < 1.29 is 4.79 Å². The third-order valence-corrected chi connectivity index (χ3v) is 5.16. The number of aromatic amines is 1. The van der Waals surface area contributed by atoms with Crippen LogP contribution in [0.5, 0.6) is 0 Å². The number of carbonyl (C=O) groups is 1. The van der Waals surface area contributed by atoms with Crippen molar-refractivity contribution in [3.8, 4) is 11.3 Å². The molecule has 0 unspecified atom stereocenters. The standard InChI is InChI=1S/C23H16ClN5O/c24-19-8-4-7-17(12-19)23(30)22-21(16-9-10-20-18(11-16)13-25-26-20)27-28-29(22)14-15-5-2-1-3-6-15/h1-13H,14H2,(H,25,26). The lowest BCUT2D eigenvalue weighted by molar-refractivity contribution is 0.103. The number of rotatable bonds is 5. The molecule has 3 aromatic carbocycles. The molecular formula is C23H16ClN5O. The highest BCUT2D eigenvalue weighted by Gasteiger charge is 2.23. The lowest BCUT2D eigenvalue weighted by Gasteiger charge is -2.08. The molecule has 0 saturated carbocycles. The van der Waals surface area contributed by atoms with Gasteiger partial charge >= 0.3 is 0 Å². The summed E-state index contributed by atoms with van der Waals surface area (Å²) in [4.78, 5) is 13.5. The second-order valence-electron chi connectivity index (χ2n) is 6.94. The number of benzene rings is 3. The Bertz CT molecular complexity index is 1360. The van der Waals surface area contributed by atoms with Crippen LogP contribution in [0.15, 0.2) is 79.0 Å². The Morgan fingerprint density at radius 3 is 2.70 bits per heavy atom. The van der Waals surface area contributed by atoms with Crippen molar-refractivity contribution in [3.63, 3.8) is 0 Å². The van der Waals surface area contributed by atoms with E-state index in [2.05, 4.69) is 20.5 Å². The average molecular weight is 414 g/mol. The first-order valence-corrected chi connectivity index (χ1v) is 9.78. The van der Waals surface area contributed by atoms with Gasteiger partial charge in [0, 0.05) is 21.5 Å². The number of carbonyl (C=O) groups excluding carboxylic acids is 1. The Morgan fingerprint density at radius 2 is 1.87 bits per heavy atom. The maximum Gasteiger partial charge on any atom is 0.213 e. The van der Waals surface area contributed by atoms with E-state index in [1.807, 2.05) is 48.5 Å². The number of halogens is 1. The zero-order valence-corrected chi connectivity index (χ0v) is 16.5. The van der Waals surface area contributed by atoms with Crippen molar-refractivity contribution >= 4 is 28.3 Å². The third kappa shape index (κ3) is 3.38. The zero-order chi connectivity index (χ0) is 20.5. The topological polar surface area (TPSA) is 76.5 Å². The first-order chi connectivity index (χ1) is 14.7. The van der Waals surface area contributed by atoms with Crippen molar-refractivity contribution in [2.75, 3.05) is 0 Å². The molecule has 0 saturated heterocycles. The Hall–Kier alpha value is -3.77. The normalized spacial score (nSPS) is 11.1. The number of hydrogen-bond donors (Lipinski definition) is 1. The summed E-state index contributed by atoms with van der Waals surface area (Å²) in [5.41, 5.74) is 4.18. The van der Waals surface area contributed by atoms with Gasteiger partial charge in [0.1, 0.15) is 11.4 Å². The van der Waals surface area contributed by atoms with Gasteiger partial charge in [0.2, 0.25) is 5.78 Å². The van der Waals surface area contributed by atoms with Crippen LogP contribution in [0.25, 0.3) is 22.2 Å². The van der Waals surface area contributed by atoms with Crippen molar-refractivity contribution in [1.29, 1.82) is 0 Å². The summed E-state index contributed by atoms with van der Waals surface area (Å²) >= 11 is 6.13. The molecule has 0 bridgehead atoms. The molecule has 0 aliphatic rings. The van der Waals surface area contributed by atoms with Gasteiger partial charge in [-0.25, -0.2) is 4.68 Å². The molecule has 7 heteroatoms.